The van der Waals surface area contributed by atoms with Crippen molar-refractivity contribution < 1.29 is 19.2 Å². The minimum absolute atomic E-state index is 0.0150. The van der Waals surface area contributed by atoms with Crippen molar-refractivity contribution in [3.05, 3.63) is 29.8 Å². The number of aliphatic hydroxyl groups is 1. The Labute approximate surface area is 145 Å². The van der Waals surface area contributed by atoms with Crippen molar-refractivity contribution in [3.63, 3.8) is 0 Å². The molecule has 2 fully saturated rings. The highest BCUT2D eigenvalue weighted by molar-refractivity contribution is 6.62. The second-order valence-electron chi connectivity index (χ2n) is 7.60. The highest BCUT2D eigenvalue weighted by Gasteiger charge is 2.51. The zero-order valence-corrected chi connectivity index (χ0v) is 15.1. The molecule has 0 radical (unpaired) electrons. The van der Waals surface area contributed by atoms with Crippen LogP contribution in [0.1, 0.15) is 39.3 Å². The van der Waals surface area contributed by atoms with Crippen molar-refractivity contribution in [2.45, 2.75) is 44.9 Å². The van der Waals surface area contributed by atoms with Gasteiger partial charge in [0.15, 0.2) is 0 Å². The molecule has 5 nitrogen and oxygen atoms in total. The standard InChI is InChI=1S/C18H28BNO4/c1-17(2)18(3,4)24-19(23-17)15-7-5-14(6-8-15)16(13-21)20-9-11-22-12-10-20/h5-8,16,21H,9-13H2,1-4H3. The van der Waals surface area contributed by atoms with Crippen molar-refractivity contribution in [1.82, 2.24) is 4.90 Å². The summed E-state index contributed by atoms with van der Waals surface area (Å²) in [5, 5.41) is 9.82. The van der Waals surface area contributed by atoms with Crippen LogP contribution in [0, 0.1) is 0 Å². The first kappa shape index (κ1) is 17.9. The van der Waals surface area contributed by atoms with Crippen molar-refractivity contribution >= 4 is 12.6 Å². The number of ether oxygens (including phenoxy) is 1. The predicted octanol–water partition coefficient (Wildman–Crippen LogP) is 1.35. The van der Waals surface area contributed by atoms with E-state index in [0.717, 1.165) is 37.3 Å². The van der Waals surface area contributed by atoms with Gasteiger partial charge in [-0.1, -0.05) is 24.3 Å². The summed E-state index contributed by atoms with van der Waals surface area (Å²) in [6, 6.07) is 8.23. The zero-order chi connectivity index (χ0) is 17.4. The maximum atomic E-state index is 9.82. The van der Waals surface area contributed by atoms with Gasteiger partial charge in [-0.2, -0.15) is 0 Å². The van der Waals surface area contributed by atoms with E-state index < -0.39 is 0 Å². The molecule has 0 aromatic heterocycles. The number of nitrogens with zero attached hydrogens (tertiary/aromatic N) is 1. The lowest BCUT2D eigenvalue weighted by atomic mass is 9.78. The van der Waals surface area contributed by atoms with Crippen LogP contribution in [0.4, 0.5) is 0 Å². The Morgan fingerprint density at radius 1 is 1.04 bits per heavy atom. The van der Waals surface area contributed by atoms with Crippen LogP contribution in [0.5, 0.6) is 0 Å². The number of aliphatic hydroxyl groups excluding tert-OH is 1. The first-order chi connectivity index (χ1) is 11.3. The van der Waals surface area contributed by atoms with Crippen LogP contribution in [0.3, 0.4) is 0 Å². The molecule has 0 amide bonds. The van der Waals surface area contributed by atoms with Gasteiger partial charge in [0.25, 0.3) is 0 Å². The van der Waals surface area contributed by atoms with Gasteiger partial charge in [0.2, 0.25) is 0 Å². The van der Waals surface area contributed by atoms with E-state index in [-0.39, 0.29) is 31.0 Å². The summed E-state index contributed by atoms with van der Waals surface area (Å²) < 4.78 is 17.6. The van der Waals surface area contributed by atoms with Crippen LogP contribution in [-0.2, 0) is 14.0 Å². The van der Waals surface area contributed by atoms with Gasteiger partial charge in [-0.3, -0.25) is 4.90 Å². The largest absolute Gasteiger partial charge is 0.494 e. The molecule has 24 heavy (non-hydrogen) atoms. The van der Waals surface area contributed by atoms with Crippen LogP contribution >= 0.6 is 0 Å². The van der Waals surface area contributed by atoms with Crippen LogP contribution < -0.4 is 5.46 Å². The van der Waals surface area contributed by atoms with Crippen LogP contribution in [0.15, 0.2) is 24.3 Å². The molecule has 0 spiro atoms. The number of hydrogen-bond donors (Lipinski definition) is 1. The van der Waals surface area contributed by atoms with Crippen molar-refractivity contribution in [1.29, 1.82) is 0 Å². The lowest BCUT2D eigenvalue weighted by Gasteiger charge is -2.33. The Kier molecular flexibility index (Phi) is 5.05. The SMILES string of the molecule is CC1(C)OB(c2ccc(C(CO)N3CCOCC3)cc2)OC1(C)C. The first-order valence-corrected chi connectivity index (χ1v) is 8.72. The van der Waals surface area contributed by atoms with E-state index in [9.17, 15) is 5.11 Å². The van der Waals surface area contributed by atoms with E-state index in [0.29, 0.717) is 0 Å². The Balaban J connectivity index is 1.73. The molecule has 6 heteroatoms. The molecule has 1 unspecified atom stereocenters. The zero-order valence-electron chi connectivity index (χ0n) is 15.1. The van der Waals surface area contributed by atoms with E-state index in [1.54, 1.807) is 0 Å². The Morgan fingerprint density at radius 2 is 1.58 bits per heavy atom. The quantitative estimate of drug-likeness (QED) is 0.843. The molecule has 2 heterocycles. The van der Waals surface area contributed by atoms with Crippen molar-refractivity contribution in [2.75, 3.05) is 32.9 Å². The van der Waals surface area contributed by atoms with E-state index >= 15 is 0 Å². The smallest absolute Gasteiger partial charge is 0.399 e. The van der Waals surface area contributed by atoms with Crippen molar-refractivity contribution in [2.24, 2.45) is 0 Å². The number of hydrogen-bond acceptors (Lipinski definition) is 5. The monoisotopic (exact) mass is 333 g/mol. The summed E-state index contributed by atoms with van der Waals surface area (Å²) in [4.78, 5) is 2.27. The summed E-state index contributed by atoms with van der Waals surface area (Å²) in [5.41, 5.74) is 1.45. The molecule has 3 rings (SSSR count). The Bertz CT molecular complexity index is 539. The molecule has 0 bridgehead atoms. The van der Waals surface area contributed by atoms with Gasteiger partial charge >= 0.3 is 7.12 Å². The molecule has 132 valence electrons. The summed E-state index contributed by atoms with van der Waals surface area (Å²) in [5.74, 6) is 0. The topological polar surface area (TPSA) is 51.2 Å². The Morgan fingerprint density at radius 3 is 2.08 bits per heavy atom. The van der Waals surface area contributed by atoms with E-state index in [1.807, 2.05) is 12.1 Å². The predicted molar refractivity (Wildman–Crippen MR) is 94.4 cm³/mol. The fourth-order valence-electron chi connectivity index (χ4n) is 3.18. The van der Waals surface area contributed by atoms with Gasteiger partial charge in [-0.25, -0.2) is 0 Å². The van der Waals surface area contributed by atoms with Crippen LogP contribution in [-0.4, -0.2) is 61.2 Å². The third-order valence-corrected chi connectivity index (χ3v) is 5.51. The van der Waals surface area contributed by atoms with E-state index in [1.165, 1.54) is 0 Å². The minimum atomic E-state index is -0.347. The Hall–Kier alpha value is -0.915. The average Bonchev–Trinajstić information content (AvgIpc) is 2.78. The van der Waals surface area contributed by atoms with Gasteiger partial charge in [-0.15, -0.1) is 0 Å². The molecular weight excluding hydrogens is 305 g/mol. The second-order valence-corrected chi connectivity index (χ2v) is 7.60. The highest BCUT2D eigenvalue weighted by atomic mass is 16.7. The van der Waals surface area contributed by atoms with E-state index in [4.69, 9.17) is 14.0 Å². The van der Waals surface area contributed by atoms with Crippen molar-refractivity contribution in [3.8, 4) is 0 Å². The lowest BCUT2D eigenvalue weighted by molar-refractivity contribution is 0.00260. The van der Waals surface area contributed by atoms with E-state index in [2.05, 4.69) is 44.7 Å². The molecule has 0 saturated carbocycles. The normalized spacial score (nSPS) is 25.0. The van der Waals surface area contributed by atoms with Gasteiger partial charge < -0.3 is 19.2 Å². The summed E-state index contributed by atoms with van der Waals surface area (Å²) >= 11 is 0. The van der Waals surface area contributed by atoms with Gasteiger partial charge in [0.05, 0.1) is 37.1 Å². The molecule has 0 aliphatic carbocycles. The molecule has 1 N–H and O–H groups in total. The molecule has 1 aromatic rings. The molecule has 1 atom stereocenters. The summed E-state index contributed by atoms with van der Waals surface area (Å²) in [6.45, 7) is 11.5. The number of morpholine rings is 1. The maximum Gasteiger partial charge on any atom is 0.494 e. The minimum Gasteiger partial charge on any atom is -0.399 e. The summed E-state index contributed by atoms with van der Waals surface area (Å²) in [7, 11) is -0.347. The molecule has 2 saturated heterocycles. The highest BCUT2D eigenvalue weighted by Crippen LogP contribution is 2.36. The van der Waals surface area contributed by atoms with Gasteiger partial charge in [0, 0.05) is 13.1 Å². The molecule has 2 aliphatic heterocycles. The number of rotatable bonds is 4. The maximum absolute atomic E-state index is 9.82. The average molecular weight is 333 g/mol. The van der Waals surface area contributed by atoms with Gasteiger partial charge in [-0.05, 0) is 38.7 Å². The third-order valence-electron chi connectivity index (χ3n) is 5.51. The van der Waals surface area contributed by atoms with Crippen LogP contribution in [0.25, 0.3) is 0 Å². The fourth-order valence-corrected chi connectivity index (χ4v) is 3.18. The van der Waals surface area contributed by atoms with Crippen LogP contribution in [0.2, 0.25) is 0 Å². The second kappa shape index (κ2) is 6.77. The molecular formula is C18H28BNO4. The molecule has 1 aromatic carbocycles. The third kappa shape index (κ3) is 3.39. The summed E-state index contributed by atoms with van der Waals surface area (Å²) in [6.07, 6.45) is 0. The lowest BCUT2D eigenvalue weighted by Crippen LogP contribution is -2.41. The van der Waals surface area contributed by atoms with Gasteiger partial charge in [0.1, 0.15) is 0 Å². The first-order valence-electron chi connectivity index (χ1n) is 8.72. The molecule has 2 aliphatic rings. The fraction of sp³-hybridized carbons (Fsp3) is 0.667. The number of benzene rings is 1.